The van der Waals surface area contributed by atoms with Gasteiger partial charge in [-0.15, -0.1) is 0 Å². The quantitative estimate of drug-likeness (QED) is 0.885. The fourth-order valence-electron chi connectivity index (χ4n) is 2.00. The van der Waals surface area contributed by atoms with Crippen LogP contribution in [0.15, 0.2) is 42.5 Å². The van der Waals surface area contributed by atoms with Crippen LogP contribution in [0.5, 0.6) is 0 Å². The number of benzene rings is 2. The van der Waals surface area contributed by atoms with E-state index in [1.807, 2.05) is 19.1 Å². The molecule has 0 aliphatic carbocycles. The predicted molar refractivity (Wildman–Crippen MR) is 78.3 cm³/mol. The summed E-state index contributed by atoms with van der Waals surface area (Å²) in [7, 11) is 0. The largest absolute Gasteiger partial charge is 0.345 e. The van der Waals surface area contributed by atoms with E-state index in [2.05, 4.69) is 5.32 Å². The molecule has 2 rings (SSSR count). The SMILES string of the molecule is CC[C@H](NC(=O)c1ccc(F)c(F)c1)c1ccc(Cl)cc1. The van der Waals surface area contributed by atoms with Crippen molar-refractivity contribution >= 4 is 17.5 Å². The Morgan fingerprint density at radius 2 is 1.81 bits per heavy atom. The molecule has 0 saturated heterocycles. The summed E-state index contributed by atoms with van der Waals surface area (Å²) in [4.78, 5) is 12.1. The lowest BCUT2D eigenvalue weighted by Crippen LogP contribution is -2.28. The van der Waals surface area contributed by atoms with Crippen molar-refractivity contribution in [3.05, 3.63) is 70.2 Å². The van der Waals surface area contributed by atoms with E-state index in [1.165, 1.54) is 6.07 Å². The van der Waals surface area contributed by atoms with Gasteiger partial charge in [0.1, 0.15) is 0 Å². The molecular formula is C16H14ClF2NO. The molecule has 0 aliphatic rings. The molecule has 0 spiro atoms. The first-order chi connectivity index (χ1) is 10.0. The zero-order chi connectivity index (χ0) is 15.4. The minimum Gasteiger partial charge on any atom is -0.345 e. The molecule has 1 N–H and O–H groups in total. The third-order valence-corrected chi connectivity index (χ3v) is 3.42. The molecule has 0 fully saturated rings. The van der Waals surface area contributed by atoms with Gasteiger partial charge in [0.2, 0.25) is 0 Å². The summed E-state index contributed by atoms with van der Waals surface area (Å²) in [5.41, 5.74) is 0.985. The van der Waals surface area contributed by atoms with Crippen LogP contribution in [0.2, 0.25) is 5.02 Å². The lowest BCUT2D eigenvalue weighted by Gasteiger charge is -2.17. The van der Waals surface area contributed by atoms with Gasteiger partial charge in [-0.05, 0) is 42.3 Å². The highest BCUT2D eigenvalue weighted by atomic mass is 35.5. The van der Waals surface area contributed by atoms with E-state index in [-0.39, 0.29) is 11.6 Å². The van der Waals surface area contributed by atoms with Gasteiger partial charge in [-0.1, -0.05) is 30.7 Å². The topological polar surface area (TPSA) is 29.1 Å². The van der Waals surface area contributed by atoms with Gasteiger partial charge < -0.3 is 5.32 Å². The van der Waals surface area contributed by atoms with Crippen LogP contribution in [0.1, 0.15) is 35.3 Å². The predicted octanol–water partition coefficient (Wildman–Crippen LogP) is 4.50. The Labute approximate surface area is 126 Å². The van der Waals surface area contributed by atoms with Crippen LogP contribution in [0.4, 0.5) is 8.78 Å². The van der Waals surface area contributed by atoms with Crippen LogP contribution >= 0.6 is 11.6 Å². The van der Waals surface area contributed by atoms with E-state index in [4.69, 9.17) is 11.6 Å². The van der Waals surface area contributed by atoms with Crippen molar-refractivity contribution in [2.45, 2.75) is 19.4 Å². The molecule has 0 heterocycles. The van der Waals surface area contributed by atoms with Crippen molar-refractivity contribution in [1.82, 2.24) is 5.32 Å². The van der Waals surface area contributed by atoms with Gasteiger partial charge in [0, 0.05) is 10.6 Å². The average Bonchev–Trinajstić information content (AvgIpc) is 2.48. The Hall–Kier alpha value is -1.94. The lowest BCUT2D eigenvalue weighted by atomic mass is 10.0. The molecule has 0 unspecified atom stereocenters. The number of amides is 1. The monoisotopic (exact) mass is 309 g/mol. The molecule has 2 nitrogen and oxygen atoms in total. The van der Waals surface area contributed by atoms with Crippen molar-refractivity contribution in [3.63, 3.8) is 0 Å². The molecule has 1 amide bonds. The van der Waals surface area contributed by atoms with Crippen LogP contribution in [0.3, 0.4) is 0 Å². The highest BCUT2D eigenvalue weighted by Gasteiger charge is 2.15. The Balaban J connectivity index is 2.15. The summed E-state index contributed by atoms with van der Waals surface area (Å²) < 4.78 is 26.0. The summed E-state index contributed by atoms with van der Waals surface area (Å²) in [6.45, 7) is 1.92. The molecule has 2 aromatic rings. The molecule has 0 aromatic heterocycles. The second-order valence-electron chi connectivity index (χ2n) is 4.61. The summed E-state index contributed by atoms with van der Waals surface area (Å²) in [5, 5.41) is 3.41. The van der Waals surface area contributed by atoms with Gasteiger partial charge >= 0.3 is 0 Å². The Kier molecular flexibility index (Phi) is 4.91. The number of halogens is 3. The maximum atomic E-state index is 13.2. The molecule has 5 heteroatoms. The first kappa shape index (κ1) is 15.4. The fraction of sp³-hybridized carbons (Fsp3) is 0.188. The zero-order valence-corrected chi connectivity index (χ0v) is 12.1. The van der Waals surface area contributed by atoms with Gasteiger partial charge in [-0.3, -0.25) is 4.79 Å². The van der Waals surface area contributed by atoms with Crippen molar-refractivity contribution in [2.24, 2.45) is 0 Å². The molecule has 1 atom stereocenters. The number of rotatable bonds is 4. The van der Waals surface area contributed by atoms with Crippen molar-refractivity contribution in [2.75, 3.05) is 0 Å². The van der Waals surface area contributed by atoms with Crippen LogP contribution in [-0.4, -0.2) is 5.91 Å². The van der Waals surface area contributed by atoms with Gasteiger partial charge in [-0.25, -0.2) is 8.78 Å². The Bertz CT molecular complexity index is 643. The van der Waals surface area contributed by atoms with Gasteiger partial charge in [0.25, 0.3) is 5.91 Å². The maximum absolute atomic E-state index is 13.2. The fourth-order valence-corrected chi connectivity index (χ4v) is 2.12. The lowest BCUT2D eigenvalue weighted by molar-refractivity contribution is 0.0935. The Morgan fingerprint density at radius 1 is 1.14 bits per heavy atom. The van der Waals surface area contributed by atoms with Crippen molar-refractivity contribution in [1.29, 1.82) is 0 Å². The second kappa shape index (κ2) is 6.68. The molecule has 0 bridgehead atoms. The summed E-state index contributed by atoms with van der Waals surface area (Å²) in [6.07, 6.45) is 0.664. The molecular weight excluding hydrogens is 296 g/mol. The number of hydrogen-bond acceptors (Lipinski definition) is 1. The molecule has 0 aliphatic heterocycles. The van der Waals surface area contributed by atoms with E-state index in [0.717, 1.165) is 17.7 Å². The third-order valence-electron chi connectivity index (χ3n) is 3.17. The second-order valence-corrected chi connectivity index (χ2v) is 5.05. The van der Waals surface area contributed by atoms with E-state index >= 15 is 0 Å². The van der Waals surface area contributed by atoms with E-state index in [0.29, 0.717) is 11.4 Å². The minimum atomic E-state index is -1.04. The normalized spacial score (nSPS) is 12.0. The number of carbonyl (C=O) groups excluding carboxylic acids is 1. The third kappa shape index (κ3) is 3.79. The molecule has 2 aromatic carbocycles. The first-order valence-electron chi connectivity index (χ1n) is 6.52. The first-order valence-corrected chi connectivity index (χ1v) is 6.90. The smallest absolute Gasteiger partial charge is 0.251 e. The van der Waals surface area contributed by atoms with Crippen molar-refractivity contribution < 1.29 is 13.6 Å². The summed E-state index contributed by atoms with van der Waals surface area (Å²) in [6, 6.07) is 9.98. The molecule has 0 saturated carbocycles. The molecule has 21 heavy (non-hydrogen) atoms. The van der Waals surface area contributed by atoms with Crippen LogP contribution in [0.25, 0.3) is 0 Å². The van der Waals surface area contributed by atoms with E-state index in [1.54, 1.807) is 12.1 Å². The zero-order valence-electron chi connectivity index (χ0n) is 11.4. The number of nitrogens with one attached hydrogen (secondary N) is 1. The standard InChI is InChI=1S/C16H14ClF2NO/c1-2-15(10-3-6-12(17)7-4-10)20-16(21)11-5-8-13(18)14(19)9-11/h3-9,15H,2H2,1H3,(H,20,21)/t15-/m0/s1. The number of carbonyl (C=O) groups is 1. The van der Waals surface area contributed by atoms with E-state index < -0.39 is 17.5 Å². The van der Waals surface area contributed by atoms with Gasteiger partial charge in [0.05, 0.1) is 6.04 Å². The van der Waals surface area contributed by atoms with Crippen molar-refractivity contribution in [3.8, 4) is 0 Å². The average molecular weight is 310 g/mol. The van der Waals surface area contributed by atoms with Crippen LogP contribution in [0, 0.1) is 11.6 Å². The Morgan fingerprint density at radius 3 is 2.38 bits per heavy atom. The van der Waals surface area contributed by atoms with Crippen LogP contribution < -0.4 is 5.32 Å². The highest BCUT2D eigenvalue weighted by molar-refractivity contribution is 6.30. The van der Waals surface area contributed by atoms with Crippen LogP contribution in [-0.2, 0) is 0 Å². The maximum Gasteiger partial charge on any atom is 0.251 e. The highest BCUT2D eigenvalue weighted by Crippen LogP contribution is 2.20. The molecule has 0 radical (unpaired) electrons. The minimum absolute atomic E-state index is 0.0845. The van der Waals surface area contributed by atoms with Gasteiger partial charge in [-0.2, -0.15) is 0 Å². The summed E-state index contributed by atoms with van der Waals surface area (Å²) >= 11 is 5.83. The molecule has 110 valence electrons. The van der Waals surface area contributed by atoms with E-state index in [9.17, 15) is 13.6 Å². The van der Waals surface area contributed by atoms with Gasteiger partial charge in [0.15, 0.2) is 11.6 Å². The number of hydrogen-bond donors (Lipinski definition) is 1. The summed E-state index contributed by atoms with van der Waals surface area (Å²) in [5.74, 6) is -2.46.